The molecule has 0 aromatic heterocycles. The topological polar surface area (TPSA) is 35.5 Å². The van der Waals surface area contributed by atoms with Crippen LogP contribution >= 0.6 is 11.8 Å². The lowest BCUT2D eigenvalue weighted by molar-refractivity contribution is -0.155. The van der Waals surface area contributed by atoms with Gasteiger partial charge in [0.15, 0.2) is 4.75 Å². The number of rotatable bonds is 3. The van der Waals surface area contributed by atoms with E-state index < -0.39 is 0 Å². The van der Waals surface area contributed by atoms with Crippen molar-refractivity contribution in [1.29, 1.82) is 0 Å². The fourth-order valence-corrected chi connectivity index (χ4v) is 3.72. The molecule has 3 nitrogen and oxygen atoms in total. The molecule has 0 aromatic rings. The van der Waals surface area contributed by atoms with Crippen LogP contribution in [0.3, 0.4) is 0 Å². The molecule has 0 spiro atoms. The van der Waals surface area contributed by atoms with Gasteiger partial charge in [-0.3, -0.25) is 4.79 Å². The van der Waals surface area contributed by atoms with Gasteiger partial charge in [-0.1, -0.05) is 12.8 Å². The van der Waals surface area contributed by atoms with Crippen LogP contribution in [0.1, 0.15) is 25.7 Å². The maximum Gasteiger partial charge on any atom is 0.326 e. The summed E-state index contributed by atoms with van der Waals surface area (Å²) in [6.07, 6.45) is 5.08. The number of carbonyl (C=O) groups is 1. The van der Waals surface area contributed by atoms with Gasteiger partial charge in [-0.15, -0.1) is 11.8 Å². The van der Waals surface area contributed by atoms with Gasteiger partial charge in [-0.05, 0) is 12.8 Å². The number of hydrogen-bond donors (Lipinski definition) is 0. The number of ether oxygens (including phenoxy) is 2. The zero-order chi connectivity index (χ0) is 10.0. The number of thioether (sulfide) groups is 1. The fourth-order valence-electron chi connectivity index (χ4n) is 2.03. The van der Waals surface area contributed by atoms with Crippen LogP contribution in [0.4, 0.5) is 0 Å². The minimum atomic E-state index is -0.371. The SMILES string of the molecule is COC(=O)C1(SC2CCCC2)COC1. The zero-order valence-electron chi connectivity index (χ0n) is 8.45. The normalized spacial score (nSPS) is 25.8. The molecule has 2 aliphatic rings. The molecule has 1 saturated heterocycles. The monoisotopic (exact) mass is 216 g/mol. The number of hydrogen-bond acceptors (Lipinski definition) is 4. The van der Waals surface area contributed by atoms with Gasteiger partial charge in [0.05, 0.1) is 20.3 Å². The Labute approximate surface area is 88.5 Å². The lowest BCUT2D eigenvalue weighted by Gasteiger charge is -2.39. The van der Waals surface area contributed by atoms with Crippen LogP contribution in [-0.4, -0.2) is 36.3 Å². The Bertz CT molecular complexity index is 219. The number of esters is 1. The lowest BCUT2D eigenvalue weighted by Crippen LogP contribution is -2.54. The molecule has 1 aliphatic carbocycles. The first-order valence-electron chi connectivity index (χ1n) is 5.11. The van der Waals surface area contributed by atoms with Gasteiger partial charge in [0.1, 0.15) is 0 Å². The molecule has 1 heterocycles. The quantitative estimate of drug-likeness (QED) is 0.671. The van der Waals surface area contributed by atoms with Crippen LogP contribution in [0, 0.1) is 0 Å². The molecule has 1 saturated carbocycles. The van der Waals surface area contributed by atoms with Gasteiger partial charge in [-0.2, -0.15) is 0 Å². The molecule has 0 radical (unpaired) electrons. The molecule has 1 aliphatic heterocycles. The first-order valence-corrected chi connectivity index (χ1v) is 5.99. The number of carbonyl (C=O) groups excluding carboxylic acids is 1. The van der Waals surface area contributed by atoms with Crippen LogP contribution in [0.15, 0.2) is 0 Å². The van der Waals surface area contributed by atoms with Crippen molar-refractivity contribution >= 4 is 17.7 Å². The Hall–Kier alpha value is -0.220. The summed E-state index contributed by atoms with van der Waals surface area (Å²) in [5.41, 5.74) is 0. The molecule has 2 fully saturated rings. The third-order valence-corrected chi connectivity index (χ3v) is 4.58. The van der Waals surface area contributed by atoms with E-state index in [-0.39, 0.29) is 10.7 Å². The van der Waals surface area contributed by atoms with Gasteiger partial charge in [0, 0.05) is 5.25 Å². The molecular formula is C10H16O3S. The van der Waals surface area contributed by atoms with Crippen LogP contribution in [0.5, 0.6) is 0 Å². The summed E-state index contributed by atoms with van der Waals surface area (Å²) in [6, 6.07) is 0. The Morgan fingerprint density at radius 1 is 1.43 bits per heavy atom. The Morgan fingerprint density at radius 3 is 2.50 bits per heavy atom. The highest BCUT2D eigenvalue weighted by Crippen LogP contribution is 2.42. The van der Waals surface area contributed by atoms with E-state index in [1.54, 1.807) is 11.8 Å². The zero-order valence-corrected chi connectivity index (χ0v) is 9.27. The maximum absolute atomic E-state index is 11.6. The van der Waals surface area contributed by atoms with E-state index in [0.717, 1.165) is 0 Å². The Kier molecular flexibility index (Phi) is 3.02. The molecule has 2 rings (SSSR count). The first kappa shape index (κ1) is 10.3. The average molecular weight is 216 g/mol. The van der Waals surface area contributed by atoms with E-state index in [1.165, 1.54) is 32.8 Å². The molecule has 0 amide bonds. The minimum Gasteiger partial charge on any atom is -0.468 e. The summed E-state index contributed by atoms with van der Waals surface area (Å²) in [4.78, 5) is 11.6. The molecule has 0 unspecified atom stereocenters. The van der Waals surface area contributed by atoms with Crippen LogP contribution in [0.2, 0.25) is 0 Å². The van der Waals surface area contributed by atoms with E-state index in [2.05, 4.69) is 0 Å². The molecule has 0 bridgehead atoms. The predicted molar refractivity (Wildman–Crippen MR) is 55.4 cm³/mol. The van der Waals surface area contributed by atoms with Crippen molar-refractivity contribution in [2.75, 3.05) is 20.3 Å². The summed E-state index contributed by atoms with van der Waals surface area (Å²) >= 11 is 1.77. The van der Waals surface area contributed by atoms with Crippen molar-refractivity contribution in [3.05, 3.63) is 0 Å². The molecule has 14 heavy (non-hydrogen) atoms. The summed E-state index contributed by atoms with van der Waals surface area (Å²) < 4.78 is 9.61. The summed E-state index contributed by atoms with van der Waals surface area (Å²) in [6.45, 7) is 1.06. The van der Waals surface area contributed by atoms with Gasteiger partial charge in [0.2, 0.25) is 0 Å². The molecule has 0 aromatic carbocycles. The highest BCUT2D eigenvalue weighted by Gasteiger charge is 2.49. The Balaban J connectivity index is 1.94. The van der Waals surface area contributed by atoms with E-state index in [0.29, 0.717) is 18.5 Å². The van der Waals surface area contributed by atoms with Gasteiger partial charge < -0.3 is 9.47 Å². The molecular weight excluding hydrogens is 200 g/mol. The van der Waals surface area contributed by atoms with Crippen molar-refractivity contribution in [1.82, 2.24) is 0 Å². The largest absolute Gasteiger partial charge is 0.468 e. The third kappa shape index (κ3) is 1.77. The second-order valence-electron chi connectivity index (χ2n) is 4.00. The number of methoxy groups -OCH3 is 1. The molecule has 80 valence electrons. The van der Waals surface area contributed by atoms with E-state index in [4.69, 9.17) is 9.47 Å². The molecule has 4 heteroatoms. The maximum atomic E-state index is 11.6. The van der Waals surface area contributed by atoms with Gasteiger partial charge in [-0.25, -0.2) is 0 Å². The first-order chi connectivity index (χ1) is 6.77. The van der Waals surface area contributed by atoms with Gasteiger partial charge in [0.25, 0.3) is 0 Å². The minimum absolute atomic E-state index is 0.111. The molecule has 0 atom stereocenters. The smallest absolute Gasteiger partial charge is 0.326 e. The summed E-state index contributed by atoms with van der Waals surface area (Å²) in [7, 11) is 1.46. The highest BCUT2D eigenvalue weighted by atomic mass is 32.2. The van der Waals surface area contributed by atoms with Crippen molar-refractivity contribution < 1.29 is 14.3 Å². The van der Waals surface area contributed by atoms with E-state index >= 15 is 0 Å². The summed E-state index contributed by atoms with van der Waals surface area (Å²) in [5.74, 6) is -0.111. The van der Waals surface area contributed by atoms with Crippen molar-refractivity contribution in [3.63, 3.8) is 0 Å². The average Bonchev–Trinajstić information content (AvgIpc) is 2.62. The van der Waals surface area contributed by atoms with Crippen LogP contribution in [-0.2, 0) is 14.3 Å². The van der Waals surface area contributed by atoms with Crippen molar-refractivity contribution in [3.8, 4) is 0 Å². The highest BCUT2D eigenvalue weighted by molar-refractivity contribution is 8.02. The van der Waals surface area contributed by atoms with Crippen molar-refractivity contribution in [2.45, 2.75) is 35.7 Å². The van der Waals surface area contributed by atoms with Crippen LogP contribution in [0.25, 0.3) is 0 Å². The second kappa shape index (κ2) is 4.11. The standard InChI is InChI=1S/C10H16O3S/c1-12-9(11)10(6-13-7-10)14-8-4-2-3-5-8/h8H,2-7H2,1H3. The van der Waals surface area contributed by atoms with Crippen LogP contribution < -0.4 is 0 Å². The lowest BCUT2D eigenvalue weighted by atomic mass is 10.1. The fraction of sp³-hybridized carbons (Fsp3) is 0.900. The third-order valence-electron chi connectivity index (χ3n) is 2.92. The van der Waals surface area contributed by atoms with E-state index in [9.17, 15) is 4.79 Å². The molecule has 0 N–H and O–H groups in total. The second-order valence-corrected chi connectivity index (χ2v) is 5.69. The Morgan fingerprint density at radius 2 is 2.07 bits per heavy atom. The van der Waals surface area contributed by atoms with E-state index in [1.807, 2.05) is 0 Å². The van der Waals surface area contributed by atoms with Crippen molar-refractivity contribution in [2.24, 2.45) is 0 Å². The van der Waals surface area contributed by atoms with Gasteiger partial charge >= 0.3 is 5.97 Å². The predicted octanol–water partition coefficient (Wildman–Crippen LogP) is 1.60. The summed E-state index contributed by atoms with van der Waals surface area (Å²) in [5, 5.41) is 0.637.